The fourth-order valence-corrected chi connectivity index (χ4v) is 1.82. The highest BCUT2D eigenvalue weighted by atomic mass is 16.7. The standard InChI is InChI=1S/C12H17NO3/c13-6-5-10-8-15-12(16-10)7-9-3-1-2-4-11(9)14/h1-4,10,12,14H,5-8,13H2. The Bertz CT molecular complexity index is 343. The van der Waals surface area contributed by atoms with Crippen molar-refractivity contribution in [1.29, 1.82) is 0 Å². The summed E-state index contributed by atoms with van der Waals surface area (Å²) >= 11 is 0. The van der Waals surface area contributed by atoms with Crippen LogP contribution in [0.3, 0.4) is 0 Å². The Balaban J connectivity index is 1.90. The van der Waals surface area contributed by atoms with Crippen molar-refractivity contribution in [2.24, 2.45) is 5.73 Å². The molecule has 2 unspecified atom stereocenters. The van der Waals surface area contributed by atoms with Crippen LogP contribution in [-0.4, -0.2) is 30.7 Å². The first-order chi connectivity index (χ1) is 7.79. The zero-order valence-corrected chi connectivity index (χ0v) is 9.13. The Labute approximate surface area is 95.0 Å². The molecule has 1 aliphatic heterocycles. The number of nitrogens with two attached hydrogens (primary N) is 1. The molecule has 4 heteroatoms. The number of benzene rings is 1. The Morgan fingerprint density at radius 2 is 2.19 bits per heavy atom. The molecule has 2 atom stereocenters. The van der Waals surface area contributed by atoms with Gasteiger partial charge in [0.1, 0.15) is 5.75 Å². The Morgan fingerprint density at radius 3 is 2.94 bits per heavy atom. The van der Waals surface area contributed by atoms with E-state index in [4.69, 9.17) is 15.2 Å². The zero-order chi connectivity index (χ0) is 11.4. The van der Waals surface area contributed by atoms with E-state index in [9.17, 15) is 5.11 Å². The molecule has 1 heterocycles. The Kier molecular flexibility index (Phi) is 3.77. The van der Waals surface area contributed by atoms with Crippen LogP contribution in [0.15, 0.2) is 24.3 Å². The fourth-order valence-electron chi connectivity index (χ4n) is 1.82. The lowest BCUT2D eigenvalue weighted by molar-refractivity contribution is -0.0566. The van der Waals surface area contributed by atoms with E-state index in [-0.39, 0.29) is 18.1 Å². The summed E-state index contributed by atoms with van der Waals surface area (Å²) in [5, 5.41) is 9.61. The average Bonchev–Trinajstić information content (AvgIpc) is 2.70. The van der Waals surface area contributed by atoms with E-state index < -0.39 is 0 Å². The lowest BCUT2D eigenvalue weighted by atomic mass is 10.1. The van der Waals surface area contributed by atoms with Crippen LogP contribution in [-0.2, 0) is 15.9 Å². The molecule has 1 fully saturated rings. The average molecular weight is 223 g/mol. The van der Waals surface area contributed by atoms with Crippen LogP contribution >= 0.6 is 0 Å². The highest BCUT2D eigenvalue weighted by Crippen LogP contribution is 2.22. The molecule has 0 bridgehead atoms. The van der Waals surface area contributed by atoms with Gasteiger partial charge in [0.05, 0.1) is 12.7 Å². The van der Waals surface area contributed by atoms with Crippen molar-refractivity contribution in [2.75, 3.05) is 13.2 Å². The monoisotopic (exact) mass is 223 g/mol. The fraction of sp³-hybridized carbons (Fsp3) is 0.500. The third-order valence-electron chi connectivity index (χ3n) is 2.68. The summed E-state index contributed by atoms with van der Waals surface area (Å²) in [6.07, 6.45) is 1.23. The summed E-state index contributed by atoms with van der Waals surface area (Å²) in [5.41, 5.74) is 6.30. The quantitative estimate of drug-likeness (QED) is 0.800. The van der Waals surface area contributed by atoms with Crippen LogP contribution in [0.25, 0.3) is 0 Å². The van der Waals surface area contributed by atoms with Crippen LogP contribution in [0.1, 0.15) is 12.0 Å². The van der Waals surface area contributed by atoms with Gasteiger partial charge < -0.3 is 20.3 Å². The molecule has 0 aromatic heterocycles. The summed E-state index contributed by atoms with van der Waals surface area (Å²) in [6, 6.07) is 7.23. The molecule has 1 aromatic carbocycles. The number of aromatic hydroxyl groups is 1. The molecule has 2 rings (SSSR count). The summed E-state index contributed by atoms with van der Waals surface area (Å²) in [5.74, 6) is 0.289. The van der Waals surface area contributed by atoms with Gasteiger partial charge in [0, 0.05) is 6.42 Å². The first-order valence-electron chi connectivity index (χ1n) is 5.53. The van der Waals surface area contributed by atoms with Crippen LogP contribution in [0.5, 0.6) is 5.75 Å². The molecule has 0 aliphatic carbocycles. The van der Waals surface area contributed by atoms with Crippen molar-refractivity contribution < 1.29 is 14.6 Å². The third-order valence-corrected chi connectivity index (χ3v) is 2.68. The van der Waals surface area contributed by atoms with Gasteiger partial charge >= 0.3 is 0 Å². The molecule has 0 saturated carbocycles. The molecule has 0 radical (unpaired) electrons. The maximum atomic E-state index is 9.61. The zero-order valence-electron chi connectivity index (χ0n) is 9.13. The van der Waals surface area contributed by atoms with Crippen molar-refractivity contribution in [3.8, 4) is 5.75 Å². The van der Waals surface area contributed by atoms with Gasteiger partial charge in [0.25, 0.3) is 0 Å². The van der Waals surface area contributed by atoms with Crippen LogP contribution in [0.4, 0.5) is 0 Å². The van der Waals surface area contributed by atoms with Gasteiger partial charge in [-0.05, 0) is 24.6 Å². The number of phenolic OH excluding ortho intramolecular Hbond substituents is 1. The number of hydrogen-bond acceptors (Lipinski definition) is 4. The van der Waals surface area contributed by atoms with Crippen molar-refractivity contribution in [2.45, 2.75) is 25.2 Å². The van der Waals surface area contributed by atoms with Gasteiger partial charge in [-0.2, -0.15) is 0 Å². The second-order valence-corrected chi connectivity index (χ2v) is 3.93. The van der Waals surface area contributed by atoms with E-state index in [0.717, 1.165) is 12.0 Å². The molecule has 16 heavy (non-hydrogen) atoms. The molecular weight excluding hydrogens is 206 g/mol. The minimum absolute atomic E-state index is 0.0980. The Morgan fingerprint density at radius 1 is 1.38 bits per heavy atom. The van der Waals surface area contributed by atoms with E-state index in [1.54, 1.807) is 12.1 Å². The van der Waals surface area contributed by atoms with Crippen LogP contribution in [0.2, 0.25) is 0 Å². The van der Waals surface area contributed by atoms with Crippen molar-refractivity contribution in [1.82, 2.24) is 0 Å². The SMILES string of the molecule is NCCC1COC(Cc2ccccc2O)O1. The molecule has 3 N–H and O–H groups in total. The maximum Gasteiger partial charge on any atom is 0.162 e. The van der Waals surface area contributed by atoms with E-state index in [2.05, 4.69) is 0 Å². The number of rotatable bonds is 4. The highest BCUT2D eigenvalue weighted by molar-refractivity contribution is 5.32. The van der Waals surface area contributed by atoms with E-state index in [1.807, 2.05) is 12.1 Å². The molecule has 1 aliphatic rings. The van der Waals surface area contributed by atoms with E-state index >= 15 is 0 Å². The van der Waals surface area contributed by atoms with Crippen molar-refractivity contribution in [3.63, 3.8) is 0 Å². The predicted octanol–water partition coefficient (Wildman–Crippen LogP) is 1.02. The molecule has 0 spiro atoms. The Hall–Kier alpha value is -1.10. The number of phenols is 1. The van der Waals surface area contributed by atoms with E-state index in [1.165, 1.54) is 0 Å². The first kappa shape index (κ1) is 11.4. The lowest BCUT2D eigenvalue weighted by Crippen LogP contribution is -2.17. The van der Waals surface area contributed by atoms with Gasteiger partial charge in [0.2, 0.25) is 0 Å². The number of ether oxygens (including phenoxy) is 2. The molecule has 88 valence electrons. The first-order valence-corrected chi connectivity index (χ1v) is 5.53. The van der Waals surface area contributed by atoms with Gasteiger partial charge in [-0.25, -0.2) is 0 Å². The molecular formula is C12H17NO3. The predicted molar refractivity (Wildman–Crippen MR) is 60.1 cm³/mol. The maximum absolute atomic E-state index is 9.61. The molecule has 1 saturated heterocycles. The molecule has 4 nitrogen and oxygen atoms in total. The van der Waals surface area contributed by atoms with Gasteiger partial charge in [-0.3, -0.25) is 0 Å². The van der Waals surface area contributed by atoms with Crippen LogP contribution < -0.4 is 5.73 Å². The topological polar surface area (TPSA) is 64.7 Å². The largest absolute Gasteiger partial charge is 0.508 e. The summed E-state index contributed by atoms with van der Waals surface area (Å²) < 4.78 is 11.1. The summed E-state index contributed by atoms with van der Waals surface area (Å²) in [4.78, 5) is 0. The number of hydrogen-bond donors (Lipinski definition) is 2. The number of para-hydroxylation sites is 1. The molecule has 1 aromatic rings. The van der Waals surface area contributed by atoms with Gasteiger partial charge in [0.15, 0.2) is 6.29 Å². The normalized spacial score (nSPS) is 24.8. The lowest BCUT2D eigenvalue weighted by Gasteiger charge is -2.11. The van der Waals surface area contributed by atoms with Crippen molar-refractivity contribution in [3.05, 3.63) is 29.8 Å². The van der Waals surface area contributed by atoms with Gasteiger partial charge in [-0.1, -0.05) is 18.2 Å². The smallest absolute Gasteiger partial charge is 0.162 e. The molecule has 0 amide bonds. The van der Waals surface area contributed by atoms with Gasteiger partial charge in [-0.15, -0.1) is 0 Å². The van der Waals surface area contributed by atoms with Crippen LogP contribution in [0, 0.1) is 0 Å². The highest BCUT2D eigenvalue weighted by Gasteiger charge is 2.25. The second kappa shape index (κ2) is 5.30. The third kappa shape index (κ3) is 2.72. The second-order valence-electron chi connectivity index (χ2n) is 3.93. The minimum atomic E-state index is -0.259. The minimum Gasteiger partial charge on any atom is -0.508 e. The summed E-state index contributed by atoms with van der Waals surface area (Å²) in [6.45, 7) is 1.20. The van der Waals surface area contributed by atoms with Crippen molar-refractivity contribution >= 4 is 0 Å². The summed E-state index contributed by atoms with van der Waals surface area (Å²) in [7, 11) is 0. The van der Waals surface area contributed by atoms with E-state index in [0.29, 0.717) is 19.6 Å².